The zero-order valence-electron chi connectivity index (χ0n) is 36.0. The number of benzene rings is 1. The monoisotopic (exact) mass is 914 g/mol. The summed E-state index contributed by atoms with van der Waals surface area (Å²) in [5.41, 5.74) is 5.74. The van der Waals surface area contributed by atoms with Crippen molar-refractivity contribution < 1.29 is 58.5 Å². The third-order valence-electron chi connectivity index (χ3n) is 11.9. The van der Waals surface area contributed by atoms with Gasteiger partial charge >= 0.3 is 0 Å². The minimum absolute atomic E-state index is 0.126. The predicted molar refractivity (Wildman–Crippen MR) is 229 cm³/mol. The van der Waals surface area contributed by atoms with Crippen LogP contribution in [0.4, 0.5) is 0 Å². The summed E-state index contributed by atoms with van der Waals surface area (Å²) < 4.78 is 0. The first kappa shape index (κ1) is 49.2. The highest BCUT2D eigenvalue weighted by molar-refractivity contribution is 7.99. The van der Waals surface area contributed by atoms with E-state index in [1.165, 1.54) is 18.7 Å². The molecule has 2 aromatic rings. The number of aromatic nitrogens is 1. The lowest BCUT2D eigenvalue weighted by atomic mass is 9.94. The van der Waals surface area contributed by atoms with E-state index in [1.54, 1.807) is 13.8 Å². The molecule has 1 aromatic carbocycles. The van der Waals surface area contributed by atoms with E-state index in [2.05, 4.69) is 42.2 Å². The van der Waals surface area contributed by atoms with E-state index < -0.39 is 146 Å². The van der Waals surface area contributed by atoms with Crippen LogP contribution in [0.5, 0.6) is 0 Å². The molecule has 350 valence electrons. The third kappa shape index (κ3) is 11.9. The Hall–Kier alpha value is -5.78. The van der Waals surface area contributed by atoms with Gasteiger partial charge < -0.3 is 68.2 Å². The molecule has 2 saturated heterocycles. The van der Waals surface area contributed by atoms with Crippen molar-refractivity contribution in [2.24, 2.45) is 17.6 Å². The summed E-state index contributed by atoms with van der Waals surface area (Å²) in [6.07, 6.45) is -3.18. The lowest BCUT2D eigenvalue weighted by molar-refractivity contribution is -0.144. The fourth-order valence-corrected chi connectivity index (χ4v) is 8.67. The summed E-state index contributed by atoms with van der Waals surface area (Å²) in [5.74, 6) is -9.76. The van der Waals surface area contributed by atoms with E-state index in [-0.39, 0.29) is 25.0 Å². The van der Waals surface area contributed by atoms with Crippen LogP contribution in [0.25, 0.3) is 10.9 Å². The number of nitrogens with two attached hydrogens (primary N) is 1. The zero-order chi connectivity index (χ0) is 47.0. The van der Waals surface area contributed by atoms with Crippen molar-refractivity contribution in [1.29, 1.82) is 0 Å². The topological polar surface area (TPSA) is 344 Å². The van der Waals surface area contributed by atoms with Crippen molar-refractivity contribution in [3.8, 4) is 0 Å². The van der Waals surface area contributed by atoms with Gasteiger partial charge in [0.05, 0.1) is 43.4 Å². The zero-order valence-corrected chi connectivity index (χ0v) is 36.8. The van der Waals surface area contributed by atoms with Gasteiger partial charge in [0.25, 0.3) is 0 Å². The van der Waals surface area contributed by atoms with Crippen molar-refractivity contribution in [3.05, 3.63) is 29.8 Å². The average Bonchev–Trinajstić information content (AvgIpc) is 3.84. The quantitative estimate of drug-likeness (QED) is 0.102. The lowest BCUT2D eigenvalue weighted by Crippen LogP contribution is -2.62. The number of rotatable bonds is 10. The minimum Gasteiger partial charge on any atom is -0.394 e. The number of primary amides is 1. The maximum atomic E-state index is 14.3. The van der Waals surface area contributed by atoms with Gasteiger partial charge in [-0.2, -0.15) is 0 Å². The summed E-state index contributed by atoms with van der Waals surface area (Å²) in [4.78, 5) is 127. The average molecular weight is 915 g/mol. The smallest absolute Gasteiger partial charge is 0.246 e. The molecule has 3 heterocycles. The summed E-state index contributed by atoms with van der Waals surface area (Å²) in [6.45, 7) is 4.09. The minimum atomic E-state index is -1.72. The summed E-state index contributed by atoms with van der Waals surface area (Å²) >= 11 is 1.18. The number of para-hydroxylation sites is 1. The molecule has 1 spiro atoms. The van der Waals surface area contributed by atoms with Crippen LogP contribution < -0.4 is 43.0 Å². The summed E-state index contributed by atoms with van der Waals surface area (Å²) in [5, 5.41) is 50.1. The molecule has 13 N–H and O–H groups in total. The number of nitrogens with one attached hydrogen (secondary N) is 8. The van der Waals surface area contributed by atoms with E-state index in [4.69, 9.17) is 5.73 Å². The van der Waals surface area contributed by atoms with Crippen molar-refractivity contribution >= 4 is 75.8 Å². The van der Waals surface area contributed by atoms with Gasteiger partial charge in [0, 0.05) is 35.5 Å². The molecule has 64 heavy (non-hydrogen) atoms. The van der Waals surface area contributed by atoms with Crippen molar-refractivity contribution in [2.45, 2.75) is 113 Å². The van der Waals surface area contributed by atoms with E-state index >= 15 is 0 Å². The SMILES string of the molecule is CC[C@H](C)[C@@H]1NC(=O)CNC(=O)CNC(=O)[C@H]([C@@H](C)[C@@H](O)CO)NC(=O)[C@@H]2C[C@@H](O)CN2C(=O)[C@H](CC(N)=O)NC(=O)[C@H](CSc2[nH]c3ccccc3c2C)NC(=O)C2(CC2)NC1=O. The fourth-order valence-electron chi connectivity index (χ4n) is 7.59. The molecule has 0 unspecified atom stereocenters. The number of carbonyl (C=O) groups excluding carboxylic acids is 9. The Bertz CT molecular complexity index is 2130. The molecule has 2 aliphatic heterocycles. The van der Waals surface area contributed by atoms with Crippen molar-refractivity contribution in [1.82, 2.24) is 47.1 Å². The number of aryl methyl sites for hydroxylation is 1. The van der Waals surface area contributed by atoms with Crippen LogP contribution in [0.3, 0.4) is 0 Å². The van der Waals surface area contributed by atoms with E-state index in [0.29, 0.717) is 11.4 Å². The molecular formula is C41H58N10O12S. The first-order valence-electron chi connectivity index (χ1n) is 21.1. The van der Waals surface area contributed by atoms with Crippen LogP contribution in [0.1, 0.15) is 58.4 Å². The van der Waals surface area contributed by atoms with Gasteiger partial charge in [0.1, 0.15) is 35.7 Å². The van der Waals surface area contributed by atoms with Crippen molar-refractivity contribution in [2.75, 3.05) is 32.0 Å². The molecular weight excluding hydrogens is 857 g/mol. The number of H-pyrrole nitrogens is 1. The highest BCUT2D eigenvalue weighted by Gasteiger charge is 2.53. The van der Waals surface area contributed by atoms with Gasteiger partial charge in [-0.05, 0) is 37.3 Å². The molecule has 23 heteroatoms. The number of hydrogen-bond donors (Lipinski definition) is 12. The van der Waals surface area contributed by atoms with Gasteiger partial charge in [0.2, 0.25) is 53.2 Å². The molecule has 5 rings (SSSR count). The second-order valence-electron chi connectivity index (χ2n) is 16.7. The molecule has 1 aromatic heterocycles. The van der Waals surface area contributed by atoms with E-state index in [0.717, 1.165) is 21.4 Å². The molecule has 1 aliphatic carbocycles. The Morgan fingerprint density at radius 2 is 1.58 bits per heavy atom. The number of aliphatic hydroxyl groups excluding tert-OH is 3. The molecule has 1 saturated carbocycles. The van der Waals surface area contributed by atoms with Gasteiger partial charge in [-0.3, -0.25) is 43.2 Å². The molecule has 0 bridgehead atoms. The van der Waals surface area contributed by atoms with Crippen LogP contribution in [0.2, 0.25) is 0 Å². The normalized spacial score (nSPS) is 26.8. The third-order valence-corrected chi connectivity index (χ3v) is 13.1. The van der Waals surface area contributed by atoms with Gasteiger partial charge in [-0.1, -0.05) is 45.4 Å². The summed E-state index contributed by atoms with van der Waals surface area (Å²) in [7, 11) is 0. The molecule has 3 fully saturated rings. The summed E-state index contributed by atoms with van der Waals surface area (Å²) in [6, 6.07) is 0.0680. The van der Waals surface area contributed by atoms with Gasteiger partial charge in [0.15, 0.2) is 0 Å². The molecule has 3 aliphatic rings. The second kappa shape index (κ2) is 21.3. The molecule has 9 amide bonds. The number of nitrogens with zero attached hydrogens (tertiary/aromatic N) is 1. The first-order chi connectivity index (χ1) is 30.3. The highest BCUT2D eigenvalue weighted by Crippen LogP contribution is 2.36. The number of aliphatic hydroxyl groups is 3. The van der Waals surface area contributed by atoms with Crippen LogP contribution in [-0.2, 0) is 43.2 Å². The Labute approximate surface area is 372 Å². The second-order valence-corrected chi connectivity index (χ2v) is 17.7. The number of hydrogen-bond acceptors (Lipinski definition) is 13. The maximum absolute atomic E-state index is 14.3. The molecule has 22 nitrogen and oxygen atoms in total. The van der Waals surface area contributed by atoms with E-state index in [9.17, 15) is 58.5 Å². The largest absolute Gasteiger partial charge is 0.394 e. The van der Waals surface area contributed by atoms with Crippen LogP contribution in [0, 0.1) is 18.8 Å². The Kier molecular flexibility index (Phi) is 16.4. The fraction of sp³-hybridized carbons (Fsp3) is 0.585. The predicted octanol–water partition coefficient (Wildman–Crippen LogP) is -3.72. The number of carbonyl (C=O) groups is 9. The standard InChI is InChI=1S/C41H58N10O12S/c1-5-19(2)32-37(61)50-41(10-11-41)40(63)47-26(18-64-38-20(3)23-8-6-7-9-24(23)46-38)34(58)45-25(13-29(42)55)39(62)51-16-22(53)12-27(51)35(59)49-33(21(4)28(54)17-52)36(60)44-14-30(56)43-15-31(57)48-32/h6-9,19,21-22,25-28,32-33,46,52-54H,5,10-18H2,1-4H3,(H2,42,55)(H,43,56)(H,44,60)(H,45,58)(H,47,63)(H,48,57)(H,49,59)(H,50,61)/t19-,21-,22+,25-,26-,27-,28-,32-,33-/m0/s1. The van der Waals surface area contributed by atoms with Gasteiger partial charge in [-0.25, -0.2) is 0 Å². The maximum Gasteiger partial charge on any atom is 0.246 e. The Morgan fingerprint density at radius 3 is 2.22 bits per heavy atom. The number of thioether (sulfide) groups is 1. The molecule has 9 atom stereocenters. The van der Waals surface area contributed by atoms with E-state index in [1.807, 2.05) is 31.2 Å². The Balaban J connectivity index is 1.51. The highest BCUT2D eigenvalue weighted by atomic mass is 32.2. The van der Waals surface area contributed by atoms with Crippen LogP contribution in [0.15, 0.2) is 29.3 Å². The van der Waals surface area contributed by atoms with Crippen molar-refractivity contribution in [3.63, 3.8) is 0 Å². The number of fused-ring (bicyclic) bond motifs is 2. The van der Waals surface area contributed by atoms with Crippen LogP contribution in [-0.4, -0.2) is 158 Å². The van der Waals surface area contributed by atoms with Crippen LogP contribution >= 0.6 is 11.8 Å². The number of aromatic amines is 1. The molecule has 0 radical (unpaired) electrons. The Morgan fingerprint density at radius 1 is 0.891 bits per heavy atom. The lowest BCUT2D eigenvalue weighted by Gasteiger charge is -2.32. The first-order valence-corrected chi connectivity index (χ1v) is 22.1. The van der Waals surface area contributed by atoms with Gasteiger partial charge in [-0.15, -0.1) is 11.8 Å². The number of amides is 9.